The summed E-state index contributed by atoms with van der Waals surface area (Å²) in [6, 6.07) is 2.61. The third-order valence-electron chi connectivity index (χ3n) is 4.02. The number of rotatable bonds is 4. The number of nitrogens with two attached hydrogens (primary N) is 1. The quantitative estimate of drug-likeness (QED) is 0.834. The van der Waals surface area contributed by atoms with Gasteiger partial charge in [0.25, 0.3) is 0 Å². The highest BCUT2D eigenvalue weighted by Gasteiger charge is 2.19. The summed E-state index contributed by atoms with van der Waals surface area (Å²) >= 11 is 5.16. The van der Waals surface area contributed by atoms with Crippen LogP contribution in [0, 0.1) is 13.8 Å². The summed E-state index contributed by atoms with van der Waals surface area (Å²) in [5.41, 5.74) is 9.62. The third kappa shape index (κ3) is 3.46. The molecule has 4 nitrogen and oxygen atoms in total. The fourth-order valence-corrected chi connectivity index (χ4v) is 3.17. The fourth-order valence-electron chi connectivity index (χ4n) is 2.91. The summed E-state index contributed by atoms with van der Waals surface area (Å²) < 4.78 is 0. The molecule has 0 radical (unpaired) electrons. The molecule has 1 aromatic rings. The molecule has 1 atom stereocenters. The topological polar surface area (TPSA) is 54.2 Å². The lowest BCUT2D eigenvalue weighted by atomic mass is 10.0. The van der Waals surface area contributed by atoms with Gasteiger partial charge >= 0.3 is 0 Å². The van der Waals surface area contributed by atoms with E-state index in [0.29, 0.717) is 11.0 Å². The molecule has 0 bridgehead atoms. The first-order chi connectivity index (χ1) is 9.49. The SMILES string of the molecule is Cc1cc(NCC2CCCCN2C)c(C(N)=S)c(C)n1. The van der Waals surface area contributed by atoms with Gasteiger partial charge in [-0.05, 0) is 46.3 Å². The summed E-state index contributed by atoms with van der Waals surface area (Å²) in [6.07, 6.45) is 3.86. The van der Waals surface area contributed by atoms with Crippen molar-refractivity contribution in [2.75, 3.05) is 25.5 Å². The minimum Gasteiger partial charge on any atom is -0.389 e. The van der Waals surface area contributed by atoms with Crippen molar-refractivity contribution in [1.29, 1.82) is 0 Å². The molecule has 2 rings (SSSR count). The van der Waals surface area contributed by atoms with Crippen LogP contribution in [-0.2, 0) is 0 Å². The van der Waals surface area contributed by atoms with Gasteiger partial charge in [-0.2, -0.15) is 0 Å². The minimum absolute atomic E-state index is 0.412. The molecule has 0 saturated carbocycles. The normalized spacial score (nSPS) is 19.9. The van der Waals surface area contributed by atoms with Gasteiger partial charge in [-0.15, -0.1) is 0 Å². The van der Waals surface area contributed by atoms with Gasteiger partial charge in [-0.25, -0.2) is 0 Å². The van der Waals surface area contributed by atoms with Gasteiger partial charge in [0.2, 0.25) is 0 Å². The van der Waals surface area contributed by atoms with Crippen molar-refractivity contribution in [2.24, 2.45) is 5.73 Å². The highest BCUT2D eigenvalue weighted by atomic mass is 32.1. The highest BCUT2D eigenvalue weighted by molar-refractivity contribution is 7.80. The van der Waals surface area contributed by atoms with Crippen LogP contribution in [0.25, 0.3) is 0 Å². The Labute approximate surface area is 126 Å². The number of hydrogen-bond donors (Lipinski definition) is 2. The van der Waals surface area contributed by atoms with E-state index in [2.05, 4.69) is 22.2 Å². The fraction of sp³-hybridized carbons (Fsp3) is 0.600. The summed E-state index contributed by atoms with van der Waals surface area (Å²) in [5.74, 6) is 0. The molecule has 110 valence electrons. The molecule has 1 aliphatic rings. The van der Waals surface area contributed by atoms with E-state index in [1.807, 2.05) is 19.9 Å². The van der Waals surface area contributed by atoms with Crippen molar-refractivity contribution in [3.8, 4) is 0 Å². The molecule has 5 heteroatoms. The van der Waals surface area contributed by atoms with Crippen LogP contribution in [0.1, 0.15) is 36.2 Å². The number of thiocarbonyl (C=S) groups is 1. The van der Waals surface area contributed by atoms with Crippen molar-refractivity contribution in [3.63, 3.8) is 0 Å². The Morgan fingerprint density at radius 2 is 2.25 bits per heavy atom. The Balaban J connectivity index is 2.14. The molecule has 1 aliphatic heterocycles. The Morgan fingerprint density at radius 1 is 1.50 bits per heavy atom. The average Bonchev–Trinajstić information content (AvgIpc) is 2.36. The smallest absolute Gasteiger partial charge is 0.107 e. The van der Waals surface area contributed by atoms with Gasteiger partial charge in [-0.3, -0.25) is 4.98 Å². The summed E-state index contributed by atoms with van der Waals surface area (Å²) in [4.78, 5) is 7.29. The van der Waals surface area contributed by atoms with Crippen LogP contribution in [0.3, 0.4) is 0 Å². The predicted octanol–water partition coefficient (Wildman–Crippen LogP) is 2.23. The molecule has 0 aromatic carbocycles. The molecule has 0 spiro atoms. The second-order valence-corrected chi connectivity index (χ2v) is 6.09. The van der Waals surface area contributed by atoms with E-state index in [-0.39, 0.29) is 0 Å². The molecular weight excluding hydrogens is 268 g/mol. The van der Waals surface area contributed by atoms with Gasteiger partial charge in [0, 0.05) is 29.7 Å². The van der Waals surface area contributed by atoms with Crippen molar-refractivity contribution < 1.29 is 0 Å². The lowest BCUT2D eigenvalue weighted by Gasteiger charge is -2.33. The molecule has 0 aliphatic carbocycles. The molecule has 1 unspecified atom stereocenters. The van der Waals surface area contributed by atoms with Crippen LogP contribution in [-0.4, -0.2) is 41.1 Å². The summed E-state index contributed by atoms with van der Waals surface area (Å²) in [6.45, 7) is 6.06. The number of piperidine rings is 1. The Hall–Kier alpha value is -1.20. The number of aromatic nitrogens is 1. The lowest BCUT2D eigenvalue weighted by molar-refractivity contribution is 0.194. The van der Waals surface area contributed by atoms with Crippen LogP contribution in [0.5, 0.6) is 0 Å². The highest BCUT2D eigenvalue weighted by Crippen LogP contribution is 2.21. The maximum Gasteiger partial charge on any atom is 0.107 e. The molecule has 3 N–H and O–H groups in total. The molecule has 1 fully saturated rings. The van der Waals surface area contributed by atoms with Crippen molar-refractivity contribution >= 4 is 22.9 Å². The lowest BCUT2D eigenvalue weighted by Crippen LogP contribution is -2.41. The average molecular weight is 292 g/mol. The Morgan fingerprint density at radius 3 is 2.90 bits per heavy atom. The first-order valence-electron chi connectivity index (χ1n) is 7.21. The number of nitrogens with zero attached hydrogens (tertiary/aromatic N) is 2. The second-order valence-electron chi connectivity index (χ2n) is 5.65. The molecular formula is C15H24N4S. The van der Waals surface area contributed by atoms with E-state index in [9.17, 15) is 0 Å². The van der Waals surface area contributed by atoms with Crippen LogP contribution >= 0.6 is 12.2 Å². The zero-order valence-electron chi connectivity index (χ0n) is 12.6. The second kappa shape index (κ2) is 6.50. The first-order valence-corrected chi connectivity index (χ1v) is 7.62. The van der Waals surface area contributed by atoms with Crippen LogP contribution in [0.4, 0.5) is 5.69 Å². The third-order valence-corrected chi connectivity index (χ3v) is 4.23. The van der Waals surface area contributed by atoms with Gasteiger partial charge < -0.3 is 16.0 Å². The van der Waals surface area contributed by atoms with E-state index >= 15 is 0 Å². The zero-order chi connectivity index (χ0) is 14.7. The number of likely N-dealkylation sites (tertiary alicyclic amines) is 1. The van der Waals surface area contributed by atoms with Gasteiger partial charge in [0.15, 0.2) is 0 Å². The van der Waals surface area contributed by atoms with E-state index in [0.717, 1.165) is 29.2 Å². The standard InChI is InChI=1S/C15H24N4S/c1-10-8-13(14(15(16)20)11(2)18-10)17-9-12-6-4-5-7-19(12)3/h8,12H,4-7,9H2,1-3H3,(H2,16,20)(H,17,18). The van der Waals surface area contributed by atoms with Crippen molar-refractivity contribution in [1.82, 2.24) is 9.88 Å². The molecule has 20 heavy (non-hydrogen) atoms. The monoisotopic (exact) mass is 292 g/mol. The number of aryl methyl sites for hydroxylation is 2. The van der Waals surface area contributed by atoms with Crippen molar-refractivity contribution in [2.45, 2.75) is 39.2 Å². The maximum atomic E-state index is 5.84. The van der Waals surface area contributed by atoms with E-state index in [4.69, 9.17) is 18.0 Å². The van der Waals surface area contributed by atoms with Crippen LogP contribution in [0.2, 0.25) is 0 Å². The first kappa shape index (κ1) is 15.2. The van der Waals surface area contributed by atoms with Gasteiger partial charge in [-0.1, -0.05) is 18.6 Å². The number of hydrogen-bond acceptors (Lipinski definition) is 4. The Bertz CT molecular complexity index is 501. The maximum absolute atomic E-state index is 5.84. The number of likely N-dealkylation sites (N-methyl/N-ethyl adjacent to an activating group) is 1. The Kier molecular flexibility index (Phi) is 4.94. The minimum atomic E-state index is 0.412. The molecule has 1 aromatic heterocycles. The number of pyridine rings is 1. The molecule has 1 saturated heterocycles. The van der Waals surface area contributed by atoms with Crippen LogP contribution < -0.4 is 11.1 Å². The predicted molar refractivity (Wildman–Crippen MR) is 88.4 cm³/mol. The van der Waals surface area contributed by atoms with E-state index < -0.39 is 0 Å². The molecule has 2 heterocycles. The van der Waals surface area contributed by atoms with Gasteiger partial charge in [0.1, 0.15) is 4.99 Å². The largest absolute Gasteiger partial charge is 0.389 e. The molecule has 0 amide bonds. The number of nitrogens with one attached hydrogen (secondary N) is 1. The van der Waals surface area contributed by atoms with Gasteiger partial charge in [0.05, 0.1) is 5.56 Å². The number of anilines is 1. The van der Waals surface area contributed by atoms with Crippen molar-refractivity contribution in [3.05, 3.63) is 23.0 Å². The summed E-state index contributed by atoms with van der Waals surface area (Å²) in [7, 11) is 2.20. The van der Waals surface area contributed by atoms with E-state index in [1.165, 1.54) is 25.8 Å². The zero-order valence-corrected chi connectivity index (χ0v) is 13.4. The summed E-state index contributed by atoms with van der Waals surface area (Å²) in [5, 5.41) is 3.53. The van der Waals surface area contributed by atoms with E-state index in [1.54, 1.807) is 0 Å². The van der Waals surface area contributed by atoms with Crippen LogP contribution in [0.15, 0.2) is 6.07 Å².